The fourth-order valence-electron chi connectivity index (χ4n) is 1.96. The van der Waals surface area contributed by atoms with Crippen molar-refractivity contribution in [1.82, 2.24) is 0 Å². The third kappa shape index (κ3) is 2.93. The van der Waals surface area contributed by atoms with Crippen LogP contribution in [0.25, 0.3) is 0 Å². The molecule has 1 unspecified atom stereocenters. The highest BCUT2D eigenvalue weighted by Gasteiger charge is 2.12. The van der Waals surface area contributed by atoms with Gasteiger partial charge in [-0.05, 0) is 29.7 Å². The number of aliphatic hydroxyl groups is 1. The molecular formula is C15H14F2O. The lowest BCUT2D eigenvalue weighted by atomic mass is 9.93. The van der Waals surface area contributed by atoms with Crippen molar-refractivity contribution < 1.29 is 13.9 Å². The highest BCUT2D eigenvalue weighted by atomic mass is 19.2. The van der Waals surface area contributed by atoms with Gasteiger partial charge in [0.2, 0.25) is 0 Å². The molecule has 0 heterocycles. The summed E-state index contributed by atoms with van der Waals surface area (Å²) in [4.78, 5) is 0. The van der Waals surface area contributed by atoms with Gasteiger partial charge in [0, 0.05) is 5.92 Å². The van der Waals surface area contributed by atoms with E-state index in [9.17, 15) is 13.9 Å². The third-order valence-corrected chi connectivity index (χ3v) is 2.96. The molecule has 0 fully saturated rings. The maximum atomic E-state index is 13.1. The Kier molecular flexibility index (Phi) is 4.05. The first-order valence-electron chi connectivity index (χ1n) is 5.80. The molecule has 0 spiro atoms. The Hall–Kier alpha value is -1.74. The Morgan fingerprint density at radius 3 is 2.28 bits per heavy atom. The summed E-state index contributed by atoms with van der Waals surface area (Å²) in [6, 6.07) is 13.4. The number of hydrogen-bond donors (Lipinski definition) is 1. The van der Waals surface area contributed by atoms with Crippen LogP contribution in [0.1, 0.15) is 17.0 Å². The van der Waals surface area contributed by atoms with Crippen molar-refractivity contribution in [3.63, 3.8) is 0 Å². The quantitative estimate of drug-likeness (QED) is 0.880. The summed E-state index contributed by atoms with van der Waals surface area (Å²) in [6.07, 6.45) is 0.484. The van der Waals surface area contributed by atoms with E-state index in [0.29, 0.717) is 12.0 Å². The van der Waals surface area contributed by atoms with E-state index in [2.05, 4.69) is 0 Å². The molecule has 94 valence electrons. The second kappa shape index (κ2) is 5.74. The SMILES string of the molecule is OCC(Cc1ccc(F)c(F)c1)c1ccccc1. The molecular weight excluding hydrogens is 234 g/mol. The fraction of sp³-hybridized carbons (Fsp3) is 0.200. The van der Waals surface area contributed by atoms with E-state index in [4.69, 9.17) is 0 Å². The number of rotatable bonds is 4. The van der Waals surface area contributed by atoms with Crippen molar-refractivity contribution >= 4 is 0 Å². The number of aliphatic hydroxyl groups excluding tert-OH is 1. The predicted octanol–water partition coefficient (Wildman–Crippen LogP) is 3.28. The number of hydrogen-bond acceptors (Lipinski definition) is 1. The van der Waals surface area contributed by atoms with E-state index >= 15 is 0 Å². The van der Waals surface area contributed by atoms with Gasteiger partial charge in [0.1, 0.15) is 0 Å². The summed E-state index contributed by atoms with van der Waals surface area (Å²) >= 11 is 0. The summed E-state index contributed by atoms with van der Waals surface area (Å²) in [5.74, 6) is -1.80. The molecule has 1 atom stereocenters. The van der Waals surface area contributed by atoms with Crippen LogP contribution in [0.2, 0.25) is 0 Å². The first kappa shape index (κ1) is 12.7. The molecule has 2 aromatic carbocycles. The van der Waals surface area contributed by atoms with Crippen LogP contribution in [0.15, 0.2) is 48.5 Å². The smallest absolute Gasteiger partial charge is 0.159 e. The van der Waals surface area contributed by atoms with Gasteiger partial charge in [-0.15, -0.1) is 0 Å². The second-order valence-corrected chi connectivity index (χ2v) is 4.24. The molecule has 0 saturated heterocycles. The Labute approximate surface area is 105 Å². The Balaban J connectivity index is 2.18. The van der Waals surface area contributed by atoms with Gasteiger partial charge in [0.05, 0.1) is 6.61 Å². The van der Waals surface area contributed by atoms with Crippen LogP contribution in [0.4, 0.5) is 8.78 Å². The minimum absolute atomic E-state index is 0.0248. The first-order valence-corrected chi connectivity index (χ1v) is 5.80. The van der Waals surface area contributed by atoms with Gasteiger partial charge in [-0.3, -0.25) is 0 Å². The summed E-state index contributed by atoms with van der Waals surface area (Å²) < 4.78 is 25.9. The first-order chi connectivity index (χ1) is 8.70. The Bertz CT molecular complexity index is 511. The monoisotopic (exact) mass is 248 g/mol. The van der Waals surface area contributed by atoms with Crippen molar-refractivity contribution in [3.05, 3.63) is 71.3 Å². The normalized spacial score (nSPS) is 12.4. The standard InChI is InChI=1S/C15H14F2O/c16-14-7-6-11(9-15(14)17)8-13(10-18)12-4-2-1-3-5-12/h1-7,9,13,18H,8,10H2. The summed E-state index contributed by atoms with van der Waals surface area (Å²) in [7, 11) is 0. The van der Waals surface area contributed by atoms with Gasteiger partial charge in [-0.1, -0.05) is 36.4 Å². The van der Waals surface area contributed by atoms with Crippen LogP contribution in [-0.2, 0) is 6.42 Å². The maximum Gasteiger partial charge on any atom is 0.159 e. The molecule has 2 aromatic rings. The van der Waals surface area contributed by atoms with Crippen molar-refractivity contribution in [2.75, 3.05) is 6.61 Å². The molecule has 0 aliphatic carbocycles. The molecule has 2 rings (SSSR count). The van der Waals surface area contributed by atoms with Gasteiger partial charge >= 0.3 is 0 Å². The molecule has 0 bridgehead atoms. The molecule has 0 aliphatic heterocycles. The van der Waals surface area contributed by atoms with E-state index in [1.807, 2.05) is 30.3 Å². The molecule has 0 saturated carbocycles. The van der Waals surface area contributed by atoms with Crippen LogP contribution < -0.4 is 0 Å². The highest BCUT2D eigenvalue weighted by molar-refractivity contribution is 5.25. The van der Waals surface area contributed by atoms with Crippen LogP contribution in [0.5, 0.6) is 0 Å². The fourth-order valence-corrected chi connectivity index (χ4v) is 1.96. The zero-order chi connectivity index (χ0) is 13.0. The number of benzene rings is 2. The molecule has 18 heavy (non-hydrogen) atoms. The van der Waals surface area contributed by atoms with Crippen molar-refractivity contribution in [2.45, 2.75) is 12.3 Å². The van der Waals surface area contributed by atoms with Crippen molar-refractivity contribution in [1.29, 1.82) is 0 Å². The average molecular weight is 248 g/mol. The van der Waals surface area contributed by atoms with Crippen LogP contribution in [-0.4, -0.2) is 11.7 Å². The van der Waals surface area contributed by atoms with Crippen molar-refractivity contribution in [3.8, 4) is 0 Å². The van der Waals surface area contributed by atoms with E-state index < -0.39 is 11.6 Å². The van der Waals surface area contributed by atoms with E-state index in [0.717, 1.165) is 11.6 Å². The predicted molar refractivity (Wildman–Crippen MR) is 66.3 cm³/mol. The molecule has 0 radical (unpaired) electrons. The Morgan fingerprint density at radius 2 is 1.67 bits per heavy atom. The lowest BCUT2D eigenvalue weighted by Crippen LogP contribution is -2.08. The van der Waals surface area contributed by atoms with Crippen LogP contribution in [0.3, 0.4) is 0 Å². The van der Waals surface area contributed by atoms with Gasteiger partial charge in [-0.2, -0.15) is 0 Å². The highest BCUT2D eigenvalue weighted by Crippen LogP contribution is 2.21. The summed E-state index contributed by atoms with van der Waals surface area (Å²) in [5.41, 5.74) is 1.67. The minimum atomic E-state index is -0.850. The minimum Gasteiger partial charge on any atom is -0.396 e. The molecule has 0 aliphatic rings. The molecule has 0 aromatic heterocycles. The van der Waals surface area contributed by atoms with Crippen LogP contribution in [0, 0.1) is 11.6 Å². The zero-order valence-electron chi connectivity index (χ0n) is 9.81. The lowest BCUT2D eigenvalue weighted by Gasteiger charge is -2.14. The average Bonchev–Trinajstić information content (AvgIpc) is 2.41. The summed E-state index contributed by atoms with van der Waals surface area (Å²) in [6.45, 7) is -0.0248. The van der Waals surface area contributed by atoms with Gasteiger partial charge in [-0.25, -0.2) is 8.78 Å². The maximum absolute atomic E-state index is 13.1. The number of halogens is 2. The molecule has 1 nitrogen and oxygen atoms in total. The van der Waals surface area contributed by atoms with Gasteiger partial charge in [0.15, 0.2) is 11.6 Å². The van der Waals surface area contributed by atoms with E-state index in [-0.39, 0.29) is 12.5 Å². The van der Waals surface area contributed by atoms with E-state index in [1.165, 1.54) is 6.07 Å². The molecule has 3 heteroatoms. The lowest BCUT2D eigenvalue weighted by molar-refractivity contribution is 0.264. The molecule has 0 amide bonds. The zero-order valence-corrected chi connectivity index (χ0v) is 9.81. The van der Waals surface area contributed by atoms with Crippen molar-refractivity contribution in [2.24, 2.45) is 0 Å². The molecule has 1 N–H and O–H groups in total. The third-order valence-electron chi connectivity index (χ3n) is 2.96. The van der Waals surface area contributed by atoms with E-state index in [1.54, 1.807) is 6.07 Å². The largest absolute Gasteiger partial charge is 0.396 e. The summed E-state index contributed by atoms with van der Waals surface area (Å²) in [5, 5.41) is 9.40. The van der Waals surface area contributed by atoms with Gasteiger partial charge < -0.3 is 5.11 Å². The van der Waals surface area contributed by atoms with Crippen LogP contribution >= 0.6 is 0 Å². The second-order valence-electron chi connectivity index (χ2n) is 4.24. The van der Waals surface area contributed by atoms with Gasteiger partial charge in [0.25, 0.3) is 0 Å². The Morgan fingerprint density at radius 1 is 0.944 bits per heavy atom. The topological polar surface area (TPSA) is 20.2 Å².